The lowest BCUT2D eigenvalue weighted by Crippen LogP contribution is -2.66. The molecule has 1 saturated heterocycles. The molecular weight excluding hydrogens is 606 g/mol. The quantitative estimate of drug-likeness (QED) is 0.307. The topological polar surface area (TPSA) is 103 Å². The molecule has 2 aromatic carbocycles. The Labute approximate surface area is 260 Å². The Morgan fingerprint density at radius 2 is 1.89 bits per heavy atom. The maximum absolute atomic E-state index is 15.9. The van der Waals surface area contributed by atoms with E-state index in [1.165, 1.54) is 40.8 Å². The first-order valence-corrected chi connectivity index (χ1v) is 15.3. The van der Waals surface area contributed by atoms with Crippen LogP contribution in [0.5, 0.6) is 5.75 Å². The van der Waals surface area contributed by atoms with Crippen LogP contribution >= 0.6 is 11.8 Å². The molecule has 0 spiro atoms. The van der Waals surface area contributed by atoms with Crippen molar-refractivity contribution in [2.45, 2.75) is 25.4 Å². The average molecular weight is 633 g/mol. The van der Waals surface area contributed by atoms with Gasteiger partial charge in [-0.2, -0.15) is 0 Å². The largest absolute Gasteiger partial charge is 0.444 e. The lowest BCUT2D eigenvalue weighted by molar-refractivity contribution is -0.148. The Morgan fingerprint density at radius 3 is 2.62 bits per heavy atom. The Bertz CT molecular complexity index is 1920. The standard InChI is InChI=1S/C32H26F2N4O6S/c1-16-14-23(44-32(16)41)43-29-21(39)10-11-37-28(29)31(40)36-12-13-42-15-22(36)38(37)27-17-6-4-5-7-18(17)30(45-3)26(35-2)24-19(27)8-9-20(33)25(24)34/h4-11,14,22-23,27H,2,12-13,15H2,1,3H3/t22-,23?,27-/m1/s1. The van der Waals surface area contributed by atoms with E-state index in [0.717, 1.165) is 6.07 Å². The zero-order valence-electron chi connectivity index (χ0n) is 24.2. The molecule has 0 saturated carbocycles. The van der Waals surface area contributed by atoms with Gasteiger partial charge in [-0.1, -0.05) is 30.3 Å². The molecule has 3 aliphatic heterocycles. The number of amides is 1. The molecule has 0 bridgehead atoms. The molecule has 10 nitrogen and oxygen atoms in total. The van der Waals surface area contributed by atoms with E-state index in [0.29, 0.717) is 27.2 Å². The molecule has 1 fully saturated rings. The van der Waals surface area contributed by atoms with Crippen molar-refractivity contribution in [1.82, 2.24) is 9.58 Å². The highest BCUT2D eigenvalue weighted by molar-refractivity contribution is 8.07. The van der Waals surface area contributed by atoms with Gasteiger partial charge in [-0.15, -0.1) is 11.8 Å². The SMILES string of the molecule is C=NC1=C(SC)c2ccccc2[C@@H](N2[C@@H]3COCCN3C(=O)c3c(OC4C=C(C)C(=O)O4)c(=O)ccn32)c2ccc(F)c(F)c21. The minimum atomic E-state index is -1.22. The maximum Gasteiger partial charge on any atom is 0.336 e. The van der Waals surface area contributed by atoms with E-state index in [-0.39, 0.29) is 42.5 Å². The molecule has 4 aliphatic rings. The van der Waals surface area contributed by atoms with Crippen molar-refractivity contribution < 1.29 is 32.6 Å². The molecule has 45 heavy (non-hydrogen) atoms. The zero-order valence-corrected chi connectivity index (χ0v) is 25.0. The molecule has 1 amide bonds. The van der Waals surface area contributed by atoms with Gasteiger partial charge in [0, 0.05) is 40.9 Å². The number of esters is 1. The normalized spacial score (nSPS) is 22.1. The van der Waals surface area contributed by atoms with Crippen LogP contribution in [0.4, 0.5) is 8.78 Å². The second-order valence-corrected chi connectivity index (χ2v) is 11.5. The molecule has 1 aliphatic carbocycles. The summed E-state index contributed by atoms with van der Waals surface area (Å²) in [5.41, 5.74) is 1.50. The Balaban J connectivity index is 1.52. The molecular formula is C32H26F2N4O6S. The third-order valence-electron chi connectivity index (χ3n) is 8.32. The number of pyridine rings is 1. The zero-order chi connectivity index (χ0) is 31.6. The lowest BCUT2D eigenvalue weighted by atomic mass is 9.92. The molecule has 4 heterocycles. The van der Waals surface area contributed by atoms with E-state index < -0.39 is 47.4 Å². The molecule has 1 aromatic heterocycles. The van der Waals surface area contributed by atoms with E-state index in [1.807, 2.05) is 35.5 Å². The second-order valence-electron chi connectivity index (χ2n) is 10.7. The highest BCUT2D eigenvalue weighted by Crippen LogP contribution is 2.49. The van der Waals surface area contributed by atoms with Crippen molar-refractivity contribution in [2.75, 3.05) is 31.0 Å². The van der Waals surface area contributed by atoms with Crippen molar-refractivity contribution in [1.29, 1.82) is 0 Å². The Morgan fingerprint density at radius 1 is 1.09 bits per heavy atom. The van der Waals surface area contributed by atoms with Crippen LogP contribution in [0.1, 0.15) is 45.7 Å². The van der Waals surface area contributed by atoms with Gasteiger partial charge >= 0.3 is 5.97 Å². The number of benzene rings is 2. The highest BCUT2D eigenvalue weighted by Gasteiger charge is 2.47. The number of carbonyl (C=O) groups excluding carboxylic acids is 2. The Kier molecular flexibility index (Phi) is 7.09. The van der Waals surface area contributed by atoms with Gasteiger partial charge in [0.15, 0.2) is 17.3 Å². The van der Waals surface area contributed by atoms with E-state index in [4.69, 9.17) is 14.2 Å². The molecule has 1 unspecified atom stereocenters. The van der Waals surface area contributed by atoms with Gasteiger partial charge < -0.3 is 19.1 Å². The molecule has 0 N–H and O–H groups in total. The van der Waals surface area contributed by atoms with Gasteiger partial charge in [0.2, 0.25) is 11.2 Å². The first-order chi connectivity index (χ1) is 21.7. The van der Waals surface area contributed by atoms with Crippen molar-refractivity contribution >= 4 is 41.0 Å². The third kappa shape index (κ3) is 4.40. The summed E-state index contributed by atoms with van der Waals surface area (Å²) in [5.74, 6) is -3.55. The fourth-order valence-corrected chi connectivity index (χ4v) is 7.11. The number of morpholine rings is 1. The van der Waals surface area contributed by atoms with E-state index in [2.05, 4.69) is 11.7 Å². The monoisotopic (exact) mass is 632 g/mol. The van der Waals surface area contributed by atoms with E-state index in [9.17, 15) is 18.8 Å². The smallest absolute Gasteiger partial charge is 0.336 e. The fraction of sp³-hybridized carbons (Fsp3) is 0.250. The number of nitrogens with zero attached hydrogens (tertiary/aromatic N) is 4. The summed E-state index contributed by atoms with van der Waals surface area (Å²) >= 11 is 1.33. The first-order valence-electron chi connectivity index (χ1n) is 14.1. The van der Waals surface area contributed by atoms with Crippen molar-refractivity contribution in [3.8, 4) is 5.75 Å². The molecule has 230 valence electrons. The van der Waals surface area contributed by atoms with Crippen molar-refractivity contribution in [3.05, 3.63) is 110 Å². The summed E-state index contributed by atoms with van der Waals surface area (Å²) in [6.07, 6.45) is 2.74. The molecule has 3 aromatic rings. The molecule has 3 atom stereocenters. The number of hydrogen-bond acceptors (Lipinski definition) is 9. The summed E-state index contributed by atoms with van der Waals surface area (Å²) < 4.78 is 49.4. The summed E-state index contributed by atoms with van der Waals surface area (Å²) in [6, 6.07) is 10.4. The van der Waals surface area contributed by atoms with Gasteiger partial charge in [-0.05, 0) is 42.7 Å². The van der Waals surface area contributed by atoms with Crippen LogP contribution < -0.4 is 15.2 Å². The predicted octanol–water partition coefficient (Wildman–Crippen LogP) is 4.08. The summed E-state index contributed by atoms with van der Waals surface area (Å²) in [7, 11) is 0. The van der Waals surface area contributed by atoms with Gasteiger partial charge in [0.05, 0.1) is 25.0 Å². The fourth-order valence-electron chi connectivity index (χ4n) is 6.34. The van der Waals surface area contributed by atoms with Crippen LogP contribution in [0, 0.1) is 11.6 Å². The number of ether oxygens (including phenoxy) is 3. The van der Waals surface area contributed by atoms with Crippen LogP contribution in [-0.4, -0.2) is 66.6 Å². The van der Waals surface area contributed by atoms with Crippen molar-refractivity contribution in [3.63, 3.8) is 0 Å². The van der Waals surface area contributed by atoms with Gasteiger partial charge in [-0.3, -0.25) is 24.3 Å². The summed E-state index contributed by atoms with van der Waals surface area (Å²) in [6.45, 7) is 5.77. The van der Waals surface area contributed by atoms with Crippen LogP contribution in [0.2, 0.25) is 0 Å². The number of carbonyl (C=O) groups is 2. The summed E-state index contributed by atoms with van der Waals surface area (Å²) in [5, 5.41) is 1.81. The average Bonchev–Trinajstić information content (AvgIpc) is 3.30. The Hall–Kier alpha value is -4.75. The van der Waals surface area contributed by atoms with Crippen LogP contribution in [0.3, 0.4) is 0 Å². The third-order valence-corrected chi connectivity index (χ3v) is 9.14. The van der Waals surface area contributed by atoms with Crippen LogP contribution in [0.25, 0.3) is 10.6 Å². The van der Waals surface area contributed by atoms with Crippen LogP contribution in [-0.2, 0) is 14.3 Å². The molecule has 0 radical (unpaired) electrons. The summed E-state index contributed by atoms with van der Waals surface area (Å²) in [4.78, 5) is 45.8. The van der Waals surface area contributed by atoms with E-state index in [1.54, 1.807) is 11.8 Å². The number of rotatable bonds is 5. The van der Waals surface area contributed by atoms with E-state index >= 15 is 4.39 Å². The lowest BCUT2D eigenvalue weighted by Gasteiger charge is -2.51. The number of cyclic esters (lactones) is 1. The maximum atomic E-state index is 15.9. The number of aliphatic imine (C=N–C) groups is 1. The number of halogens is 2. The first kappa shape index (κ1) is 29.0. The second kappa shape index (κ2) is 11.0. The molecule has 13 heteroatoms. The van der Waals surface area contributed by atoms with Crippen LogP contribution in [0.15, 0.2) is 70.1 Å². The minimum Gasteiger partial charge on any atom is -0.444 e. The van der Waals surface area contributed by atoms with Gasteiger partial charge in [0.25, 0.3) is 12.2 Å². The van der Waals surface area contributed by atoms with Crippen molar-refractivity contribution in [2.24, 2.45) is 4.99 Å². The number of hydrogen-bond donors (Lipinski definition) is 0. The number of thioether (sulfide) groups is 1. The number of aromatic nitrogens is 1. The number of fused-ring (bicyclic) bond motifs is 4. The molecule has 7 rings (SSSR count). The predicted molar refractivity (Wildman–Crippen MR) is 163 cm³/mol. The van der Waals surface area contributed by atoms with Gasteiger partial charge in [0.1, 0.15) is 6.17 Å². The highest BCUT2D eigenvalue weighted by atomic mass is 32.2. The van der Waals surface area contributed by atoms with Gasteiger partial charge in [-0.25, -0.2) is 13.6 Å². The minimum absolute atomic E-state index is 0.0618.